The average Bonchev–Trinajstić information content (AvgIpc) is 2.34. The van der Waals surface area contributed by atoms with Crippen molar-refractivity contribution in [2.75, 3.05) is 0 Å². The molecule has 0 spiro atoms. The monoisotopic (exact) mass is 484 g/mol. The molecule has 2 nitrogen and oxygen atoms in total. The van der Waals surface area contributed by atoms with Crippen molar-refractivity contribution in [3.8, 4) is 11.5 Å². The second-order valence-electron chi connectivity index (χ2n) is 3.14. The molecule has 2 rings (SSSR count). The van der Waals surface area contributed by atoms with Crippen molar-refractivity contribution >= 4 is 46.4 Å². The number of phenolic OH excluding ortho intramolecular Hbond substituents is 2. The first-order valence-corrected chi connectivity index (χ1v) is 6.20. The van der Waals surface area contributed by atoms with Gasteiger partial charge in [0.15, 0.2) is 11.5 Å². The van der Waals surface area contributed by atoms with Crippen LogP contribution in [0, 0.1) is 0 Å². The predicted molar refractivity (Wildman–Crippen MR) is 76.3 cm³/mol. The summed E-state index contributed by atoms with van der Waals surface area (Å²) in [5, 5.41) is 19.0. The van der Waals surface area contributed by atoms with E-state index in [0.29, 0.717) is 0 Å². The molecule has 0 aliphatic rings. The van der Waals surface area contributed by atoms with Crippen LogP contribution in [0.5, 0.6) is 11.5 Å². The number of para-hydroxylation sites is 2. The van der Waals surface area contributed by atoms with Crippen LogP contribution >= 0.6 is 46.4 Å². The van der Waals surface area contributed by atoms with Crippen LogP contribution in [0.1, 0.15) is 0 Å². The average molecular weight is 488 g/mol. The fraction of sp³-hybridized carbons (Fsp3) is 0. The summed E-state index contributed by atoms with van der Waals surface area (Å²) in [5.74, 6) is -0.110. The van der Waals surface area contributed by atoms with E-state index in [-0.39, 0.29) is 82.6 Å². The fourth-order valence-electron chi connectivity index (χ4n) is 0.978. The Hall–Kier alpha value is 0.663. The summed E-state index contributed by atoms with van der Waals surface area (Å²) in [4.78, 5) is 0. The molecular weight excluding hydrogens is 480 g/mol. The molecule has 21 heavy (non-hydrogen) atoms. The van der Waals surface area contributed by atoms with Crippen LogP contribution in [0.4, 0.5) is 0 Å². The number of phenols is 2. The third-order valence-electron chi connectivity index (χ3n) is 1.88. The third-order valence-corrected chi connectivity index (χ3v) is 3.10. The van der Waals surface area contributed by atoms with E-state index < -0.39 is 0 Å². The first kappa shape index (κ1) is 26.6. The van der Waals surface area contributed by atoms with Crippen molar-refractivity contribution in [2.45, 2.75) is 0 Å². The Bertz CT molecular complexity index is 463. The smallest absolute Gasteiger partial charge is 1.00 e. The maximum Gasteiger partial charge on any atom is 2.00 e. The van der Waals surface area contributed by atoms with Crippen LogP contribution in [0.15, 0.2) is 36.4 Å². The first-order chi connectivity index (χ1) is 8.43. The van der Waals surface area contributed by atoms with Crippen molar-refractivity contribution in [3.63, 3.8) is 0 Å². The van der Waals surface area contributed by atoms with Gasteiger partial charge >= 0.3 is 26.2 Å². The minimum Gasteiger partial charge on any atom is -1.00 e. The standard InChI is InChI=1S/2C6H4Cl2O.2ClH.Zr/c2*7-4-2-1-3-5(8)6(4)9;;;/h2*1-3,9H;2*1H;/q;;;;+2/p-2. The molecule has 0 aliphatic carbocycles. The number of benzene rings is 2. The molecule has 2 aromatic rings. The summed E-state index contributed by atoms with van der Waals surface area (Å²) in [6, 6.07) is 9.63. The fourth-order valence-corrected chi connectivity index (χ4v) is 1.77. The van der Waals surface area contributed by atoms with Crippen molar-refractivity contribution in [1.82, 2.24) is 0 Å². The number of rotatable bonds is 0. The molecule has 0 heterocycles. The van der Waals surface area contributed by atoms with E-state index in [1.54, 1.807) is 36.4 Å². The zero-order valence-electron chi connectivity index (χ0n) is 10.1. The van der Waals surface area contributed by atoms with Gasteiger partial charge in [-0.2, -0.15) is 0 Å². The Kier molecular flexibility index (Phi) is 16.6. The van der Waals surface area contributed by atoms with Crippen LogP contribution in [0.3, 0.4) is 0 Å². The van der Waals surface area contributed by atoms with Crippen LogP contribution in [-0.2, 0) is 26.2 Å². The zero-order valence-corrected chi connectivity index (χ0v) is 17.1. The molecule has 0 atom stereocenters. The van der Waals surface area contributed by atoms with Crippen molar-refractivity contribution in [2.24, 2.45) is 0 Å². The second kappa shape index (κ2) is 13.1. The van der Waals surface area contributed by atoms with Gasteiger partial charge in [0.25, 0.3) is 0 Å². The minimum absolute atomic E-state index is 0. The number of hydrogen-bond donors (Lipinski definition) is 2. The molecular formula is C12H8Cl6O2Zr. The van der Waals surface area contributed by atoms with Gasteiger partial charge in [-0.1, -0.05) is 58.5 Å². The Morgan fingerprint density at radius 3 is 0.905 bits per heavy atom. The van der Waals surface area contributed by atoms with Crippen LogP contribution < -0.4 is 24.8 Å². The van der Waals surface area contributed by atoms with Gasteiger partial charge in [-0.05, 0) is 24.3 Å². The van der Waals surface area contributed by atoms with Crippen molar-refractivity contribution in [3.05, 3.63) is 56.5 Å². The molecule has 0 saturated heterocycles. The molecule has 0 saturated carbocycles. The molecule has 2 N–H and O–H groups in total. The Morgan fingerprint density at radius 1 is 0.571 bits per heavy atom. The first-order valence-electron chi connectivity index (χ1n) is 4.69. The number of aromatic hydroxyl groups is 2. The summed E-state index contributed by atoms with van der Waals surface area (Å²) >= 11 is 21.9. The van der Waals surface area contributed by atoms with E-state index >= 15 is 0 Å². The van der Waals surface area contributed by atoms with Gasteiger partial charge in [-0.15, -0.1) is 0 Å². The van der Waals surface area contributed by atoms with E-state index in [1.807, 2.05) is 0 Å². The largest absolute Gasteiger partial charge is 2.00 e. The van der Waals surface area contributed by atoms with E-state index in [4.69, 9.17) is 56.6 Å². The maximum absolute atomic E-state index is 8.94. The molecule has 0 bridgehead atoms. The maximum atomic E-state index is 8.94. The predicted octanol–water partition coefficient (Wildman–Crippen LogP) is -0.596. The SMILES string of the molecule is Oc1c(Cl)cccc1Cl.Oc1c(Cl)cccc1Cl.[Cl-].[Cl-].[Zr+2]. The Morgan fingerprint density at radius 2 is 0.762 bits per heavy atom. The molecule has 0 aliphatic heterocycles. The summed E-state index contributed by atoms with van der Waals surface area (Å²) in [7, 11) is 0. The topological polar surface area (TPSA) is 40.5 Å². The molecule has 0 fully saturated rings. The van der Waals surface area contributed by atoms with Gasteiger partial charge in [-0.25, -0.2) is 0 Å². The molecule has 0 amide bonds. The van der Waals surface area contributed by atoms with Crippen molar-refractivity contribution in [1.29, 1.82) is 0 Å². The number of halogens is 6. The summed E-state index contributed by atoms with van der Waals surface area (Å²) in [5.41, 5.74) is 0. The molecule has 2 aromatic carbocycles. The number of hydrogen-bond acceptors (Lipinski definition) is 2. The van der Waals surface area contributed by atoms with Gasteiger partial charge in [0.1, 0.15) is 0 Å². The van der Waals surface area contributed by atoms with Gasteiger partial charge in [-0.3, -0.25) is 0 Å². The van der Waals surface area contributed by atoms with E-state index in [1.165, 1.54) is 0 Å². The van der Waals surface area contributed by atoms with Gasteiger partial charge in [0.05, 0.1) is 20.1 Å². The summed E-state index contributed by atoms with van der Waals surface area (Å²) < 4.78 is 0. The van der Waals surface area contributed by atoms with Crippen LogP contribution in [0.25, 0.3) is 0 Å². The van der Waals surface area contributed by atoms with E-state index in [9.17, 15) is 0 Å². The molecule has 9 heteroatoms. The summed E-state index contributed by atoms with van der Waals surface area (Å²) in [6.07, 6.45) is 0. The Labute approximate surface area is 174 Å². The molecule has 0 unspecified atom stereocenters. The van der Waals surface area contributed by atoms with Crippen LogP contribution in [0.2, 0.25) is 20.1 Å². The van der Waals surface area contributed by atoms with E-state index in [0.717, 1.165) is 0 Å². The van der Waals surface area contributed by atoms with Gasteiger partial charge in [0.2, 0.25) is 0 Å². The van der Waals surface area contributed by atoms with Gasteiger partial charge < -0.3 is 35.0 Å². The third kappa shape index (κ3) is 8.76. The normalized spacial score (nSPS) is 8.19. The minimum atomic E-state index is -0.0548. The van der Waals surface area contributed by atoms with Crippen molar-refractivity contribution < 1.29 is 61.2 Å². The Balaban J connectivity index is -0.000000270. The summed E-state index contributed by atoms with van der Waals surface area (Å²) in [6.45, 7) is 0. The second-order valence-corrected chi connectivity index (χ2v) is 4.77. The van der Waals surface area contributed by atoms with Crippen LogP contribution in [-0.4, -0.2) is 10.2 Å². The van der Waals surface area contributed by atoms with Gasteiger partial charge in [0, 0.05) is 0 Å². The quantitative estimate of drug-likeness (QED) is 0.521. The molecule has 0 radical (unpaired) electrons. The molecule has 0 aromatic heterocycles. The zero-order chi connectivity index (χ0) is 13.7. The van der Waals surface area contributed by atoms with E-state index in [2.05, 4.69) is 0 Å². The molecule has 114 valence electrons.